The molecule has 0 spiro atoms. The van der Waals surface area contributed by atoms with E-state index >= 15 is 0 Å². The third kappa shape index (κ3) is 4.62. The molecule has 0 aliphatic heterocycles. The number of rotatable bonds is 8. The molecule has 5 nitrogen and oxygen atoms in total. The van der Waals surface area contributed by atoms with Crippen LogP contribution in [0.2, 0.25) is 0 Å². The Bertz CT molecular complexity index is 553. The van der Waals surface area contributed by atoms with Crippen LogP contribution in [-0.4, -0.2) is 30.0 Å². The maximum absolute atomic E-state index is 5.70. The molecule has 114 valence electrons. The molecule has 1 aromatic heterocycles. The first-order chi connectivity index (χ1) is 10.2. The van der Waals surface area contributed by atoms with E-state index in [1.54, 1.807) is 7.11 Å². The van der Waals surface area contributed by atoms with E-state index in [0.29, 0.717) is 31.0 Å². The standard InChI is InChI=1S/C15H20BrN3O2/c1-3-6-11(10-20-2)17-9-14-18-19-15(21-14)12-7-4-5-8-13(12)16/h4-5,7-8,11,17H,3,6,9-10H2,1-2H3. The predicted octanol–water partition coefficient (Wildman–Crippen LogP) is 3.40. The maximum atomic E-state index is 5.70. The van der Waals surface area contributed by atoms with E-state index in [1.165, 1.54) is 0 Å². The van der Waals surface area contributed by atoms with E-state index in [4.69, 9.17) is 9.15 Å². The minimum Gasteiger partial charge on any atom is -0.419 e. The Hall–Kier alpha value is -1.24. The number of aromatic nitrogens is 2. The van der Waals surface area contributed by atoms with Crippen LogP contribution in [0.4, 0.5) is 0 Å². The van der Waals surface area contributed by atoms with Crippen molar-refractivity contribution >= 4 is 15.9 Å². The first kappa shape index (κ1) is 16.1. The van der Waals surface area contributed by atoms with Gasteiger partial charge in [0.25, 0.3) is 0 Å². The molecule has 2 rings (SSSR count). The molecule has 0 radical (unpaired) electrons. The summed E-state index contributed by atoms with van der Waals surface area (Å²) in [6.45, 7) is 3.38. The molecular weight excluding hydrogens is 334 g/mol. The summed E-state index contributed by atoms with van der Waals surface area (Å²) in [7, 11) is 1.71. The quantitative estimate of drug-likeness (QED) is 0.787. The first-order valence-electron chi connectivity index (χ1n) is 7.04. The number of hydrogen-bond acceptors (Lipinski definition) is 5. The van der Waals surface area contributed by atoms with E-state index in [-0.39, 0.29) is 0 Å². The third-order valence-corrected chi connectivity index (χ3v) is 3.81. The number of hydrogen-bond donors (Lipinski definition) is 1. The van der Waals surface area contributed by atoms with Crippen LogP contribution in [0.3, 0.4) is 0 Å². The molecule has 0 aliphatic carbocycles. The zero-order chi connectivity index (χ0) is 15.1. The fourth-order valence-corrected chi connectivity index (χ4v) is 2.55. The van der Waals surface area contributed by atoms with Gasteiger partial charge in [-0.25, -0.2) is 0 Å². The van der Waals surface area contributed by atoms with E-state index < -0.39 is 0 Å². The van der Waals surface area contributed by atoms with Crippen LogP contribution in [0.15, 0.2) is 33.2 Å². The van der Waals surface area contributed by atoms with Crippen LogP contribution in [0.5, 0.6) is 0 Å². The van der Waals surface area contributed by atoms with Gasteiger partial charge in [0.15, 0.2) is 0 Å². The van der Waals surface area contributed by atoms with E-state index in [2.05, 4.69) is 38.4 Å². The number of nitrogens with one attached hydrogen (secondary N) is 1. The van der Waals surface area contributed by atoms with Crippen molar-refractivity contribution in [3.63, 3.8) is 0 Å². The highest BCUT2D eigenvalue weighted by atomic mass is 79.9. The van der Waals surface area contributed by atoms with Gasteiger partial charge in [0.2, 0.25) is 11.8 Å². The van der Waals surface area contributed by atoms with Gasteiger partial charge in [0.05, 0.1) is 18.7 Å². The molecule has 0 aliphatic rings. The molecule has 0 fully saturated rings. The number of halogens is 1. The van der Waals surface area contributed by atoms with Crippen LogP contribution in [-0.2, 0) is 11.3 Å². The number of methoxy groups -OCH3 is 1. The summed E-state index contributed by atoms with van der Waals surface area (Å²) in [4.78, 5) is 0. The topological polar surface area (TPSA) is 60.2 Å². The van der Waals surface area contributed by atoms with Crippen molar-refractivity contribution in [1.29, 1.82) is 0 Å². The number of nitrogens with zero attached hydrogens (tertiary/aromatic N) is 2. The van der Waals surface area contributed by atoms with E-state index in [1.807, 2.05) is 24.3 Å². The zero-order valence-electron chi connectivity index (χ0n) is 12.3. The maximum Gasteiger partial charge on any atom is 0.248 e. The lowest BCUT2D eigenvalue weighted by Gasteiger charge is -2.15. The molecule has 1 aromatic carbocycles. The highest BCUT2D eigenvalue weighted by molar-refractivity contribution is 9.10. The molecule has 0 saturated carbocycles. The fourth-order valence-electron chi connectivity index (χ4n) is 2.09. The second kappa shape index (κ2) is 8.26. The first-order valence-corrected chi connectivity index (χ1v) is 7.83. The third-order valence-electron chi connectivity index (χ3n) is 3.12. The van der Waals surface area contributed by atoms with Gasteiger partial charge in [-0.15, -0.1) is 10.2 Å². The van der Waals surface area contributed by atoms with E-state index in [9.17, 15) is 0 Å². The van der Waals surface area contributed by atoms with Crippen LogP contribution < -0.4 is 5.32 Å². The average Bonchev–Trinajstić information content (AvgIpc) is 2.94. The summed E-state index contributed by atoms with van der Waals surface area (Å²) >= 11 is 3.49. The highest BCUT2D eigenvalue weighted by Gasteiger charge is 2.13. The van der Waals surface area contributed by atoms with Crippen LogP contribution in [0.25, 0.3) is 11.5 Å². The number of ether oxygens (including phenoxy) is 1. The van der Waals surface area contributed by atoms with Crippen LogP contribution in [0, 0.1) is 0 Å². The fraction of sp³-hybridized carbons (Fsp3) is 0.467. The van der Waals surface area contributed by atoms with Gasteiger partial charge in [-0.05, 0) is 34.5 Å². The van der Waals surface area contributed by atoms with Gasteiger partial charge < -0.3 is 14.5 Å². The van der Waals surface area contributed by atoms with Crippen molar-refractivity contribution in [1.82, 2.24) is 15.5 Å². The van der Waals surface area contributed by atoms with Crippen molar-refractivity contribution in [2.75, 3.05) is 13.7 Å². The second-order valence-electron chi connectivity index (χ2n) is 4.80. The number of benzene rings is 1. The summed E-state index contributed by atoms with van der Waals surface area (Å²) in [6, 6.07) is 8.09. The summed E-state index contributed by atoms with van der Waals surface area (Å²) in [5.41, 5.74) is 0.901. The van der Waals surface area contributed by atoms with Gasteiger partial charge in [-0.2, -0.15) is 0 Å². The van der Waals surface area contributed by atoms with Crippen molar-refractivity contribution in [2.24, 2.45) is 0 Å². The van der Waals surface area contributed by atoms with Crippen LogP contribution in [0.1, 0.15) is 25.7 Å². The lowest BCUT2D eigenvalue weighted by atomic mass is 10.2. The summed E-state index contributed by atoms with van der Waals surface area (Å²) in [5.74, 6) is 1.11. The Kier molecular flexibility index (Phi) is 6.35. The van der Waals surface area contributed by atoms with Crippen molar-refractivity contribution in [3.8, 4) is 11.5 Å². The lowest BCUT2D eigenvalue weighted by Crippen LogP contribution is -2.32. The van der Waals surface area contributed by atoms with Crippen molar-refractivity contribution in [2.45, 2.75) is 32.4 Å². The summed E-state index contributed by atoms with van der Waals surface area (Å²) in [6.07, 6.45) is 2.16. The Morgan fingerprint density at radius 3 is 2.86 bits per heavy atom. The molecule has 1 unspecified atom stereocenters. The minimum absolute atomic E-state index is 0.304. The van der Waals surface area contributed by atoms with Gasteiger partial charge in [-0.1, -0.05) is 25.5 Å². The minimum atomic E-state index is 0.304. The lowest BCUT2D eigenvalue weighted by molar-refractivity contribution is 0.160. The summed E-state index contributed by atoms with van der Waals surface area (Å²) in [5, 5.41) is 11.6. The van der Waals surface area contributed by atoms with Crippen molar-refractivity contribution in [3.05, 3.63) is 34.6 Å². The highest BCUT2D eigenvalue weighted by Crippen LogP contribution is 2.26. The van der Waals surface area contributed by atoms with E-state index in [0.717, 1.165) is 22.9 Å². The molecule has 2 aromatic rings. The molecule has 0 amide bonds. The zero-order valence-corrected chi connectivity index (χ0v) is 13.9. The Labute approximate surface area is 133 Å². The van der Waals surface area contributed by atoms with Gasteiger partial charge >= 0.3 is 0 Å². The molecule has 0 saturated heterocycles. The Morgan fingerprint density at radius 1 is 1.33 bits per heavy atom. The SMILES string of the molecule is CCCC(COC)NCc1nnc(-c2ccccc2Br)o1. The predicted molar refractivity (Wildman–Crippen MR) is 84.8 cm³/mol. The summed E-state index contributed by atoms with van der Waals surface area (Å²) < 4.78 is 11.8. The monoisotopic (exact) mass is 353 g/mol. The Balaban J connectivity index is 1.98. The van der Waals surface area contributed by atoms with Gasteiger partial charge in [0, 0.05) is 17.6 Å². The second-order valence-corrected chi connectivity index (χ2v) is 5.66. The molecule has 6 heteroatoms. The molecule has 1 atom stereocenters. The smallest absolute Gasteiger partial charge is 0.248 e. The molecule has 1 N–H and O–H groups in total. The molecule has 21 heavy (non-hydrogen) atoms. The van der Waals surface area contributed by atoms with Gasteiger partial charge in [-0.3, -0.25) is 0 Å². The molecular formula is C15H20BrN3O2. The largest absolute Gasteiger partial charge is 0.419 e. The van der Waals surface area contributed by atoms with Crippen molar-refractivity contribution < 1.29 is 9.15 Å². The average molecular weight is 354 g/mol. The van der Waals surface area contributed by atoms with Gasteiger partial charge in [0.1, 0.15) is 0 Å². The Morgan fingerprint density at radius 2 is 2.14 bits per heavy atom. The van der Waals surface area contributed by atoms with Crippen LogP contribution >= 0.6 is 15.9 Å². The molecule has 1 heterocycles. The normalized spacial score (nSPS) is 12.5. The molecule has 0 bridgehead atoms.